The fraction of sp³-hybridized carbons (Fsp3) is 0.279. The third-order valence-corrected chi connectivity index (χ3v) is 25.1. The van der Waals surface area contributed by atoms with Crippen molar-refractivity contribution in [1.29, 1.82) is 0 Å². The van der Waals surface area contributed by atoms with E-state index in [0.29, 0.717) is 70.5 Å². The molecule has 0 bridgehead atoms. The number of sulfonamides is 4. The minimum absolute atomic E-state index is 0.0237. The molecular weight excluding hydrogens is 1770 g/mol. The first-order chi connectivity index (χ1) is 61.1. The first kappa shape index (κ1) is 95.6. The van der Waals surface area contributed by atoms with Gasteiger partial charge in [-0.3, -0.25) is 19.2 Å². The number of nitrogens with zero attached hydrogens (tertiary/aromatic N) is 4. The summed E-state index contributed by atoms with van der Waals surface area (Å²) in [5.41, 5.74) is 4.33. The van der Waals surface area contributed by atoms with Crippen LogP contribution in [0.15, 0.2) is 217 Å². The van der Waals surface area contributed by atoms with Crippen LogP contribution in [0.2, 0.25) is 0 Å². The van der Waals surface area contributed by atoms with E-state index in [4.69, 9.17) is 37.9 Å². The van der Waals surface area contributed by atoms with Crippen molar-refractivity contribution in [2.24, 2.45) is 0 Å². The van der Waals surface area contributed by atoms with Crippen molar-refractivity contribution in [3.63, 3.8) is 0 Å². The van der Waals surface area contributed by atoms with Gasteiger partial charge in [0, 0.05) is 114 Å². The highest BCUT2D eigenvalue weighted by atomic mass is 32.2. The number of amides is 12. The molecule has 1 fully saturated rings. The normalized spacial score (nSPS) is 15.1. The Hall–Kier alpha value is -14.1. The van der Waals surface area contributed by atoms with Gasteiger partial charge in [-0.1, -0.05) is 109 Å². The number of ether oxygens (including phenoxy) is 8. The van der Waals surface area contributed by atoms with Gasteiger partial charge in [0.05, 0.1) is 21.7 Å². The second-order valence-electron chi connectivity index (χ2n) is 29.9. The average Bonchev–Trinajstić information content (AvgIpc) is 1.56. The average molecular weight is 1860 g/mol. The highest BCUT2D eigenvalue weighted by Gasteiger charge is 2.40. The Kier molecular flexibility index (Phi) is 30.8. The van der Waals surface area contributed by atoms with E-state index in [9.17, 15) is 85.2 Å². The standard InChI is InChI=1S/C25H22F3N3O6S.C21H23N3O6S.C21H25N3O6S.C19H21N3O6S/c1-25(28)36-21-9-8-18(14-22(21)37-25)31(2)23(32)20(12-15-10-16(26)13-17(27)11-15)29-24(33)30-38(34,35)19-6-4-3-5-7-19;1-24(15-7-10-18-19(12-15)30-13-29-18)20(25)17(11-14-5-3-2-4-6-14)22-21(26)23-31(27,28)16-8-9-16;1-14(2)31(27,28)23-21(26)22-17(11-15-7-5-4-6-8-15)20(25)24(3)16-9-10-18-19(12-16)30-13-29-18;1-22(14-8-9-16-17(11-14)28-12-27-16)18(23)15(10-13-6-4-3-5-7-13)20-19(24)21-29(2,25)26/h3-11,13-14,20H,12H2,1-2H3,(H2,29,30,33);2-7,10,12,16-17H,8-9,11,13H2,1H3,(H2,22,23,26);4-10,12,14,17H,11,13H2,1-3H3,(H2,22,23,26);3-9,11,15H,10,12H2,1-2H3,(H2,20,21,24)/t20-,25?;2*17-;15-/m0000/s1. The van der Waals surface area contributed by atoms with Crippen LogP contribution < -0.4 is 97.7 Å². The van der Waals surface area contributed by atoms with Gasteiger partial charge in [-0.25, -0.2) is 80.5 Å². The number of alkyl halides is 1. The van der Waals surface area contributed by atoms with E-state index >= 15 is 0 Å². The third-order valence-electron chi connectivity index (χ3n) is 19.7. The molecular formula is C86H91F3N12O24S4. The number of urea groups is 4. The van der Waals surface area contributed by atoms with Crippen molar-refractivity contribution >= 4 is 111 Å². The van der Waals surface area contributed by atoms with Gasteiger partial charge in [-0.15, -0.1) is 0 Å². The molecule has 1 aliphatic carbocycles. The maximum Gasteiger partial charge on any atom is 0.404 e. The molecule has 684 valence electrons. The topological polar surface area (TPSA) is 456 Å². The van der Waals surface area contributed by atoms with E-state index in [0.717, 1.165) is 46.9 Å². The Labute approximate surface area is 741 Å². The fourth-order valence-corrected chi connectivity index (χ4v) is 16.0. The summed E-state index contributed by atoms with van der Waals surface area (Å²) in [6, 6.07) is 45.5. The van der Waals surface area contributed by atoms with E-state index in [1.165, 1.54) is 78.1 Å². The molecule has 4 aliphatic heterocycles. The molecule has 0 aromatic heterocycles. The zero-order valence-corrected chi connectivity index (χ0v) is 73.7. The van der Waals surface area contributed by atoms with Gasteiger partial charge >= 0.3 is 30.2 Å². The smallest absolute Gasteiger partial charge is 0.404 e. The van der Waals surface area contributed by atoms with Crippen LogP contribution in [0.25, 0.3) is 0 Å². The monoisotopic (exact) mass is 1860 g/mol. The van der Waals surface area contributed by atoms with E-state index < -0.39 is 140 Å². The number of carbonyl (C=O) groups is 8. The Balaban J connectivity index is 0.000000167. The quantitative estimate of drug-likeness (QED) is 0.0238. The van der Waals surface area contributed by atoms with Gasteiger partial charge in [0.25, 0.3) is 10.0 Å². The summed E-state index contributed by atoms with van der Waals surface area (Å²) < 4.78 is 187. The van der Waals surface area contributed by atoms with Crippen molar-refractivity contribution in [2.75, 3.05) is 74.4 Å². The lowest BCUT2D eigenvalue weighted by Gasteiger charge is -2.25. The van der Waals surface area contributed by atoms with Crippen molar-refractivity contribution < 1.29 is 123 Å². The van der Waals surface area contributed by atoms with Crippen LogP contribution in [0.5, 0.6) is 46.0 Å². The Morgan fingerprint density at radius 1 is 0.380 bits per heavy atom. The van der Waals surface area contributed by atoms with Gasteiger partial charge in [-0.2, -0.15) is 4.39 Å². The van der Waals surface area contributed by atoms with Crippen molar-refractivity contribution in [1.82, 2.24) is 40.2 Å². The molecule has 1 unspecified atom stereocenters. The number of fused-ring (bicyclic) bond motifs is 4. The zero-order chi connectivity index (χ0) is 93.3. The first-order valence-electron chi connectivity index (χ1n) is 39.4. The first-order valence-corrected chi connectivity index (χ1v) is 45.9. The van der Waals surface area contributed by atoms with Crippen LogP contribution in [0.4, 0.5) is 55.1 Å². The minimum atomic E-state index is -4.28. The second kappa shape index (κ2) is 41.6. The van der Waals surface area contributed by atoms with Crippen molar-refractivity contribution in [3.8, 4) is 46.0 Å². The number of halogens is 3. The molecule has 129 heavy (non-hydrogen) atoms. The lowest BCUT2D eigenvalue weighted by Crippen LogP contribution is -2.53. The summed E-state index contributed by atoms with van der Waals surface area (Å²) >= 11 is 0. The summed E-state index contributed by atoms with van der Waals surface area (Å²) in [6.07, 6.45) is 2.10. The van der Waals surface area contributed by atoms with E-state index in [2.05, 4.69) is 21.3 Å². The molecule has 4 heterocycles. The molecule has 8 N–H and O–H groups in total. The molecule has 14 rings (SSSR count). The van der Waals surface area contributed by atoms with Crippen LogP contribution in [0.1, 0.15) is 55.9 Å². The lowest BCUT2D eigenvalue weighted by atomic mass is 10.0. The predicted molar refractivity (Wildman–Crippen MR) is 465 cm³/mol. The van der Waals surface area contributed by atoms with Crippen LogP contribution in [-0.2, 0) is 85.0 Å². The number of hydrogen-bond donors (Lipinski definition) is 8. The van der Waals surface area contributed by atoms with E-state index in [1.54, 1.807) is 81.8 Å². The molecule has 12 amide bonds. The summed E-state index contributed by atoms with van der Waals surface area (Å²) in [6.45, 7) is 4.30. The molecule has 9 aromatic carbocycles. The van der Waals surface area contributed by atoms with Crippen LogP contribution in [0, 0.1) is 11.6 Å². The summed E-state index contributed by atoms with van der Waals surface area (Å²) in [5.74, 6) is -0.363. The van der Waals surface area contributed by atoms with E-state index in [-0.39, 0.29) is 73.7 Å². The van der Waals surface area contributed by atoms with Crippen LogP contribution in [0.3, 0.4) is 0 Å². The van der Waals surface area contributed by atoms with Gasteiger partial charge < -0.3 is 78.8 Å². The Morgan fingerprint density at radius 2 is 0.682 bits per heavy atom. The van der Waals surface area contributed by atoms with Gasteiger partial charge in [0.1, 0.15) is 35.8 Å². The molecule has 0 saturated heterocycles. The Morgan fingerprint density at radius 3 is 1.03 bits per heavy atom. The Bertz CT molecular complexity index is 5920. The van der Waals surface area contributed by atoms with Gasteiger partial charge in [0.15, 0.2) is 46.0 Å². The lowest BCUT2D eigenvalue weighted by molar-refractivity contribution is -0.173. The highest BCUT2D eigenvalue weighted by molar-refractivity contribution is 7.91. The number of likely N-dealkylation sites (N-methyl/N-ethyl adjacent to an activating group) is 4. The van der Waals surface area contributed by atoms with Crippen LogP contribution in [-0.4, -0.2) is 177 Å². The molecule has 0 radical (unpaired) electrons. The van der Waals surface area contributed by atoms with Crippen molar-refractivity contribution in [3.05, 3.63) is 246 Å². The van der Waals surface area contributed by atoms with Crippen LogP contribution >= 0.6 is 0 Å². The highest BCUT2D eigenvalue weighted by Crippen LogP contribution is 2.43. The largest absolute Gasteiger partial charge is 0.454 e. The molecule has 36 nitrogen and oxygen atoms in total. The molecule has 0 spiro atoms. The van der Waals surface area contributed by atoms with Gasteiger partial charge in [-0.05, 0) is 122 Å². The second-order valence-corrected chi connectivity index (χ2v) is 37.5. The number of rotatable bonds is 27. The number of hydrogen-bond acceptors (Lipinski definition) is 24. The zero-order valence-electron chi connectivity index (χ0n) is 70.4. The van der Waals surface area contributed by atoms with Gasteiger partial charge in [0.2, 0.25) is 74.1 Å². The van der Waals surface area contributed by atoms with Crippen molar-refractivity contribution in [2.45, 2.75) is 105 Å². The molecule has 43 heteroatoms. The number of anilines is 4. The molecule has 5 aliphatic rings. The summed E-state index contributed by atoms with van der Waals surface area (Å²) in [5, 5.41) is 8.41. The fourth-order valence-electron chi connectivity index (χ4n) is 12.9. The number of nitrogens with one attached hydrogen (secondary N) is 8. The molecule has 5 atom stereocenters. The maximum absolute atomic E-state index is 14.0. The third kappa shape index (κ3) is 26.8. The predicted octanol–water partition coefficient (Wildman–Crippen LogP) is 8.70. The minimum Gasteiger partial charge on any atom is -0.454 e. The summed E-state index contributed by atoms with van der Waals surface area (Å²) in [7, 11) is -9.55. The summed E-state index contributed by atoms with van der Waals surface area (Å²) in [4.78, 5) is 108. The molecule has 9 aromatic rings. The number of carbonyl (C=O) groups excluding carboxylic acids is 8. The SMILES string of the molecule is CC(C)S(=O)(=O)NC(=O)N[C@@H](Cc1ccccc1)C(=O)N(C)c1ccc2c(c1)OCO2.CN(C(=O)[C@H](Cc1cc(F)cc(F)c1)NC(=O)NS(=O)(=O)c1ccccc1)c1ccc2c(c1)OC(C)(F)O2.CN(C(=O)[C@H](Cc1ccccc1)NC(=O)NS(=O)(=O)C1CC1)c1ccc2c(c1)OCO2.CN(C(=O)[C@H](Cc1ccccc1)NC(=O)NS(C)(=O)=O)c1ccc2c(c1)OCO2. The maximum atomic E-state index is 14.0. The number of benzene rings is 9. The van der Waals surface area contributed by atoms with E-state index in [1.807, 2.05) is 110 Å². The molecule has 1 saturated carbocycles.